The van der Waals surface area contributed by atoms with Crippen molar-refractivity contribution >= 4 is 5.97 Å². The van der Waals surface area contributed by atoms with Crippen molar-refractivity contribution in [2.75, 3.05) is 33.4 Å². The van der Waals surface area contributed by atoms with Gasteiger partial charge >= 0.3 is 5.97 Å². The molecule has 88 valence electrons. The predicted octanol–water partition coefficient (Wildman–Crippen LogP) is -0.243. The van der Waals surface area contributed by atoms with Crippen LogP contribution >= 0.6 is 0 Å². The van der Waals surface area contributed by atoms with Crippen LogP contribution in [0.2, 0.25) is 0 Å². The Morgan fingerprint density at radius 1 is 1.73 bits per heavy atom. The molecule has 0 aromatic carbocycles. The van der Waals surface area contributed by atoms with Crippen molar-refractivity contribution in [3.8, 4) is 0 Å². The molecule has 2 unspecified atom stereocenters. The predicted molar refractivity (Wildman–Crippen MR) is 56.7 cm³/mol. The molecule has 0 aliphatic carbocycles. The molecule has 0 aromatic heterocycles. The van der Waals surface area contributed by atoms with Crippen LogP contribution in [0, 0.1) is 5.92 Å². The number of carboxylic acids is 1. The lowest BCUT2D eigenvalue weighted by atomic mass is 10.0. The zero-order chi connectivity index (χ0) is 11.5. The normalized spacial score (nSPS) is 29.3. The van der Waals surface area contributed by atoms with Crippen LogP contribution in [0.25, 0.3) is 0 Å². The number of aliphatic carboxylic acids is 1. The molecule has 3 N–H and O–H groups in total. The minimum absolute atomic E-state index is 0.408. The molecule has 1 fully saturated rings. The van der Waals surface area contributed by atoms with E-state index in [0.29, 0.717) is 25.5 Å². The van der Waals surface area contributed by atoms with Crippen molar-refractivity contribution < 1.29 is 14.6 Å². The summed E-state index contributed by atoms with van der Waals surface area (Å²) in [6, 6.07) is 0. The first-order valence-corrected chi connectivity index (χ1v) is 5.21. The van der Waals surface area contributed by atoms with Gasteiger partial charge < -0.3 is 20.5 Å². The Morgan fingerprint density at radius 3 is 2.87 bits per heavy atom. The second kappa shape index (κ2) is 4.92. The Bertz CT molecular complexity index is 235. The summed E-state index contributed by atoms with van der Waals surface area (Å²) in [4.78, 5) is 13.0. The fourth-order valence-corrected chi connectivity index (χ4v) is 2.02. The van der Waals surface area contributed by atoms with Gasteiger partial charge in [0, 0.05) is 33.4 Å². The maximum atomic E-state index is 10.9. The summed E-state index contributed by atoms with van der Waals surface area (Å²) < 4.78 is 5.04. The summed E-state index contributed by atoms with van der Waals surface area (Å²) in [5, 5.41) is 8.95. The lowest BCUT2D eigenvalue weighted by Crippen LogP contribution is -2.50. The highest BCUT2D eigenvalue weighted by Gasteiger charge is 2.41. The molecule has 2 atom stereocenters. The molecule has 5 nitrogen and oxygen atoms in total. The molecular weight excluding hydrogens is 196 g/mol. The summed E-state index contributed by atoms with van der Waals surface area (Å²) >= 11 is 0. The van der Waals surface area contributed by atoms with Gasteiger partial charge in [-0.15, -0.1) is 0 Å². The molecule has 0 spiro atoms. The minimum atomic E-state index is -1.05. The number of rotatable bonds is 5. The monoisotopic (exact) mass is 216 g/mol. The molecule has 0 saturated carbocycles. The van der Waals surface area contributed by atoms with Gasteiger partial charge in [-0.05, 0) is 12.3 Å². The molecule has 15 heavy (non-hydrogen) atoms. The summed E-state index contributed by atoms with van der Waals surface area (Å²) in [6.45, 7) is 4.83. The van der Waals surface area contributed by atoms with Gasteiger partial charge in [-0.2, -0.15) is 0 Å². The minimum Gasteiger partial charge on any atom is -0.480 e. The average Bonchev–Trinajstić information content (AvgIpc) is 2.49. The van der Waals surface area contributed by atoms with E-state index in [1.807, 2.05) is 0 Å². The van der Waals surface area contributed by atoms with Gasteiger partial charge in [-0.25, -0.2) is 0 Å². The zero-order valence-electron chi connectivity index (χ0n) is 9.40. The highest BCUT2D eigenvalue weighted by molar-refractivity contribution is 5.79. The molecule has 0 radical (unpaired) electrons. The van der Waals surface area contributed by atoms with Crippen LogP contribution in [-0.2, 0) is 9.53 Å². The molecular formula is C10H20N2O3. The third-order valence-electron chi connectivity index (χ3n) is 2.83. The summed E-state index contributed by atoms with van der Waals surface area (Å²) in [7, 11) is 1.67. The van der Waals surface area contributed by atoms with Crippen LogP contribution in [0.3, 0.4) is 0 Å². The van der Waals surface area contributed by atoms with Crippen molar-refractivity contribution in [2.24, 2.45) is 11.7 Å². The van der Waals surface area contributed by atoms with Gasteiger partial charge in [0.05, 0.1) is 0 Å². The van der Waals surface area contributed by atoms with E-state index >= 15 is 0 Å². The van der Waals surface area contributed by atoms with Crippen molar-refractivity contribution in [1.29, 1.82) is 0 Å². The fourth-order valence-electron chi connectivity index (χ4n) is 2.02. The first-order valence-electron chi connectivity index (χ1n) is 5.21. The first-order chi connectivity index (χ1) is 6.98. The number of methoxy groups -OCH3 is 1. The summed E-state index contributed by atoms with van der Waals surface area (Å²) in [5.41, 5.74) is 4.72. The Kier molecular flexibility index (Phi) is 4.07. The first kappa shape index (κ1) is 12.4. The molecule has 0 amide bonds. The highest BCUT2D eigenvalue weighted by Crippen LogP contribution is 2.19. The molecule has 1 saturated heterocycles. The Hall–Kier alpha value is -0.650. The quantitative estimate of drug-likeness (QED) is 0.663. The standard InChI is InChI=1S/C10H20N2O3/c1-8(6-15-2)5-12-4-3-10(11,7-12)9(13)14/h8H,3-7,11H2,1-2H3,(H,13,14). The van der Waals surface area contributed by atoms with Crippen molar-refractivity contribution in [2.45, 2.75) is 18.9 Å². The molecule has 0 aromatic rings. The zero-order valence-corrected chi connectivity index (χ0v) is 9.40. The fraction of sp³-hybridized carbons (Fsp3) is 0.900. The maximum absolute atomic E-state index is 10.9. The molecule has 1 aliphatic heterocycles. The maximum Gasteiger partial charge on any atom is 0.325 e. The van der Waals surface area contributed by atoms with E-state index in [2.05, 4.69) is 11.8 Å². The number of ether oxygens (including phenoxy) is 1. The van der Waals surface area contributed by atoms with Crippen molar-refractivity contribution in [1.82, 2.24) is 4.90 Å². The van der Waals surface area contributed by atoms with Gasteiger partial charge in [-0.1, -0.05) is 6.92 Å². The smallest absolute Gasteiger partial charge is 0.325 e. The topological polar surface area (TPSA) is 75.8 Å². The second-order valence-electron chi connectivity index (χ2n) is 4.51. The largest absolute Gasteiger partial charge is 0.480 e. The van der Waals surface area contributed by atoms with Crippen LogP contribution in [0.4, 0.5) is 0 Å². The number of nitrogens with zero attached hydrogens (tertiary/aromatic N) is 1. The third-order valence-corrected chi connectivity index (χ3v) is 2.83. The van der Waals surface area contributed by atoms with E-state index in [4.69, 9.17) is 15.6 Å². The van der Waals surface area contributed by atoms with Crippen LogP contribution in [-0.4, -0.2) is 54.9 Å². The van der Waals surface area contributed by atoms with Crippen molar-refractivity contribution in [3.63, 3.8) is 0 Å². The van der Waals surface area contributed by atoms with Crippen LogP contribution < -0.4 is 5.73 Å². The molecule has 5 heteroatoms. The van der Waals surface area contributed by atoms with Crippen LogP contribution in [0.15, 0.2) is 0 Å². The molecule has 1 heterocycles. The van der Waals surface area contributed by atoms with E-state index in [1.54, 1.807) is 7.11 Å². The number of carboxylic acid groups (broad SMARTS) is 1. The molecule has 1 rings (SSSR count). The van der Waals surface area contributed by atoms with E-state index < -0.39 is 11.5 Å². The number of hydrogen-bond acceptors (Lipinski definition) is 4. The number of nitrogens with two attached hydrogens (primary N) is 1. The average molecular weight is 216 g/mol. The van der Waals surface area contributed by atoms with E-state index in [1.165, 1.54) is 0 Å². The number of hydrogen-bond donors (Lipinski definition) is 2. The summed E-state index contributed by atoms with van der Waals surface area (Å²) in [6.07, 6.45) is 0.530. The Labute approximate surface area is 90.2 Å². The molecule has 0 bridgehead atoms. The van der Waals surface area contributed by atoms with E-state index in [-0.39, 0.29) is 0 Å². The van der Waals surface area contributed by atoms with Crippen molar-refractivity contribution in [3.05, 3.63) is 0 Å². The van der Waals surface area contributed by atoms with E-state index in [0.717, 1.165) is 13.1 Å². The summed E-state index contributed by atoms with van der Waals surface area (Å²) in [5.74, 6) is -0.490. The van der Waals surface area contributed by atoms with Gasteiger partial charge in [-0.3, -0.25) is 4.79 Å². The van der Waals surface area contributed by atoms with Crippen LogP contribution in [0.5, 0.6) is 0 Å². The van der Waals surface area contributed by atoms with Gasteiger partial charge in [0.1, 0.15) is 5.54 Å². The Balaban J connectivity index is 2.39. The van der Waals surface area contributed by atoms with E-state index in [9.17, 15) is 4.79 Å². The third kappa shape index (κ3) is 3.15. The Morgan fingerprint density at radius 2 is 2.40 bits per heavy atom. The SMILES string of the molecule is COCC(C)CN1CCC(N)(C(=O)O)C1. The van der Waals surface area contributed by atoms with Crippen LogP contribution in [0.1, 0.15) is 13.3 Å². The van der Waals surface area contributed by atoms with Gasteiger partial charge in [0.2, 0.25) is 0 Å². The lowest BCUT2D eigenvalue weighted by Gasteiger charge is -2.22. The van der Waals surface area contributed by atoms with Gasteiger partial charge in [0.15, 0.2) is 0 Å². The highest BCUT2D eigenvalue weighted by atomic mass is 16.5. The van der Waals surface area contributed by atoms with Gasteiger partial charge in [0.25, 0.3) is 0 Å². The lowest BCUT2D eigenvalue weighted by molar-refractivity contribution is -0.142. The number of likely N-dealkylation sites (tertiary alicyclic amines) is 1. The molecule has 1 aliphatic rings. The number of carbonyl (C=O) groups is 1. The second-order valence-corrected chi connectivity index (χ2v) is 4.51.